The highest BCUT2D eigenvalue weighted by atomic mass is 16.2. The molecule has 118 valence electrons. The number of carbonyl (C=O) groups is 2. The van der Waals surface area contributed by atoms with Crippen LogP contribution in [0.1, 0.15) is 39.3 Å². The summed E-state index contributed by atoms with van der Waals surface area (Å²) < 4.78 is 0. The Balaban J connectivity index is 1.66. The lowest BCUT2D eigenvalue weighted by Gasteiger charge is -2.14. The Morgan fingerprint density at radius 3 is 2.57 bits per heavy atom. The lowest BCUT2D eigenvalue weighted by Crippen LogP contribution is -2.29. The number of hydrogen-bond acceptors (Lipinski definition) is 3. The summed E-state index contributed by atoms with van der Waals surface area (Å²) in [5, 5.41) is 2.86. The van der Waals surface area contributed by atoms with Gasteiger partial charge in [0.05, 0.1) is 0 Å². The average molecular weight is 309 g/mol. The first kappa shape index (κ1) is 15.2. The van der Waals surface area contributed by atoms with E-state index < -0.39 is 0 Å². The van der Waals surface area contributed by atoms with E-state index in [1.807, 2.05) is 30.3 Å². The molecule has 0 bridgehead atoms. The summed E-state index contributed by atoms with van der Waals surface area (Å²) in [5.74, 6) is -0.299. The Labute approximate surface area is 135 Å². The number of nitrogens with one attached hydrogen (secondary N) is 1. The Kier molecular flexibility index (Phi) is 4.66. The molecule has 23 heavy (non-hydrogen) atoms. The standard InChI is InChI=1S/C18H19N3O2/c22-17(20-13-14-6-2-1-3-7-14)15-8-9-19-16(12-15)18(23)21-10-4-5-11-21/h1-3,6-9,12H,4-5,10-11,13H2,(H,20,22). The van der Waals surface area contributed by atoms with Crippen molar-refractivity contribution in [3.63, 3.8) is 0 Å². The maximum absolute atomic E-state index is 12.3. The van der Waals surface area contributed by atoms with Gasteiger partial charge in [0, 0.05) is 31.4 Å². The smallest absolute Gasteiger partial charge is 0.272 e. The number of nitrogens with zero attached hydrogens (tertiary/aromatic N) is 2. The zero-order valence-electron chi connectivity index (χ0n) is 12.9. The molecule has 1 N–H and O–H groups in total. The normalized spacial score (nSPS) is 13.8. The van der Waals surface area contributed by atoms with Gasteiger partial charge in [-0.25, -0.2) is 0 Å². The van der Waals surface area contributed by atoms with Crippen LogP contribution in [0, 0.1) is 0 Å². The van der Waals surface area contributed by atoms with Crippen molar-refractivity contribution in [2.45, 2.75) is 19.4 Å². The van der Waals surface area contributed by atoms with Crippen LogP contribution in [-0.2, 0) is 6.54 Å². The number of aromatic nitrogens is 1. The summed E-state index contributed by atoms with van der Waals surface area (Å²) in [7, 11) is 0. The quantitative estimate of drug-likeness (QED) is 0.942. The molecule has 3 rings (SSSR count). The fourth-order valence-electron chi connectivity index (χ4n) is 2.65. The Bertz CT molecular complexity index is 694. The van der Waals surface area contributed by atoms with Gasteiger partial charge in [0.2, 0.25) is 0 Å². The van der Waals surface area contributed by atoms with E-state index in [2.05, 4.69) is 10.3 Å². The average Bonchev–Trinajstić information content (AvgIpc) is 3.14. The second-order valence-electron chi connectivity index (χ2n) is 5.60. The number of likely N-dealkylation sites (tertiary alicyclic amines) is 1. The first-order valence-corrected chi connectivity index (χ1v) is 7.81. The van der Waals surface area contributed by atoms with Gasteiger partial charge in [0.25, 0.3) is 11.8 Å². The van der Waals surface area contributed by atoms with Gasteiger partial charge in [-0.1, -0.05) is 30.3 Å². The molecule has 1 aliphatic heterocycles. The van der Waals surface area contributed by atoms with Crippen molar-refractivity contribution in [2.24, 2.45) is 0 Å². The maximum atomic E-state index is 12.3. The van der Waals surface area contributed by atoms with E-state index in [9.17, 15) is 9.59 Å². The van der Waals surface area contributed by atoms with Crippen LogP contribution < -0.4 is 5.32 Å². The van der Waals surface area contributed by atoms with Crippen molar-refractivity contribution in [1.82, 2.24) is 15.2 Å². The summed E-state index contributed by atoms with van der Waals surface area (Å²) >= 11 is 0. The number of amides is 2. The fraction of sp³-hybridized carbons (Fsp3) is 0.278. The van der Waals surface area contributed by atoms with Gasteiger partial charge in [-0.2, -0.15) is 0 Å². The van der Waals surface area contributed by atoms with Gasteiger partial charge in [0.15, 0.2) is 0 Å². The molecule has 5 heteroatoms. The third-order valence-electron chi connectivity index (χ3n) is 3.93. The molecule has 2 heterocycles. The highest BCUT2D eigenvalue weighted by molar-refractivity contribution is 5.98. The van der Waals surface area contributed by atoms with Crippen LogP contribution in [0.4, 0.5) is 0 Å². The third-order valence-corrected chi connectivity index (χ3v) is 3.93. The van der Waals surface area contributed by atoms with Crippen LogP contribution in [0.5, 0.6) is 0 Å². The number of rotatable bonds is 4. The SMILES string of the molecule is O=C(NCc1ccccc1)c1ccnc(C(=O)N2CCCC2)c1. The summed E-state index contributed by atoms with van der Waals surface area (Å²) in [4.78, 5) is 30.5. The molecule has 1 aromatic heterocycles. The minimum atomic E-state index is -0.202. The van der Waals surface area contributed by atoms with Crippen molar-refractivity contribution in [1.29, 1.82) is 0 Å². The molecule has 1 aromatic carbocycles. The molecule has 0 atom stereocenters. The molecule has 2 aromatic rings. The molecular weight excluding hydrogens is 290 g/mol. The van der Waals surface area contributed by atoms with Gasteiger partial charge < -0.3 is 10.2 Å². The van der Waals surface area contributed by atoms with Gasteiger partial charge in [-0.05, 0) is 30.5 Å². The minimum Gasteiger partial charge on any atom is -0.348 e. The largest absolute Gasteiger partial charge is 0.348 e. The number of hydrogen-bond donors (Lipinski definition) is 1. The first-order valence-electron chi connectivity index (χ1n) is 7.81. The lowest BCUT2D eigenvalue weighted by molar-refractivity contribution is 0.0787. The van der Waals surface area contributed by atoms with Crippen LogP contribution >= 0.6 is 0 Å². The number of carbonyl (C=O) groups excluding carboxylic acids is 2. The van der Waals surface area contributed by atoms with Crippen molar-refractivity contribution in [3.8, 4) is 0 Å². The molecule has 1 saturated heterocycles. The Hall–Kier alpha value is -2.69. The second-order valence-corrected chi connectivity index (χ2v) is 5.60. The van der Waals surface area contributed by atoms with E-state index in [0.29, 0.717) is 17.8 Å². The van der Waals surface area contributed by atoms with Crippen LogP contribution in [0.3, 0.4) is 0 Å². The molecule has 1 aliphatic rings. The number of benzene rings is 1. The van der Waals surface area contributed by atoms with Crippen LogP contribution in [-0.4, -0.2) is 34.8 Å². The predicted molar refractivity (Wildman–Crippen MR) is 87.0 cm³/mol. The minimum absolute atomic E-state index is 0.0970. The molecule has 0 saturated carbocycles. The molecule has 0 aliphatic carbocycles. The zero-order valence-corrected chi connectivity index (χ0v) is 12.9. The highest BCUT2D eigenvalue weighted by Gasteiger charge is 2.21. The maximum Gasteiger partial charge on any atom is 0.272 e. The van der Waals surface area contributed by atoms with Gasteiger partial charge in [0.1, 0.15) is 5.69 Å². The van der Waals surface area contributed by atoms with E-state index in [0.717, 1.165) is 31.5 Å². The van der Waals surface area contributed by atoms with Crippen LogP contribution in [0.15, 0.2) is 48.7 Å². The second kappa shape index (κ2) is 7.05. The number of pyridine rings is 1. The van der Waals surface area contributed by atoms with Crippen LogP contribution in [0.2, 0.25) is 0 Å². The Morgan fingerprint density at radius 2 is 1.83 bits per heavy atom. The lowest BCUT2D eigenvalue weighted by atomic mass is 10.2. The van der Waals surface area contributed by atoms with E-state index in [1.165, 1.54) is 6.20 Å². The van der Waals surface area contributed by atoms with E-state index in [4.69, 9.17) is 0 Å². The topological polar surface area (TPSA) is 62.3 Å². The molecular formula is C18H19N3O2. The molecule has 0 unspecified atom stereocenters. The summed E-state index contributed by atoms with van der Waals surface area (Å²) in [6.07, 6.45) is 3.58. The van der Waals surface area contributed by atoms with E-state index >= 15 is 0 Å². The Morgan fingerprint density at radius 1 is 1.09 bits per heavy atom. The molecule has 0 spiro atoms. The molecule has 5 nitrogen and oxygen atoms in total. The molecule has 0 radical (unpaired) electrons. The van der Waals surface area contributed by atoms with Crippen molar-refractivity contribution in [3.05, 3.63) is 65.5 Å². The van der Waals surface area contributed by atoms with Gasteiger partial charge >= 0.3 is 0 Å². The highest BCUT2D eigenvalue weighted by Crippen LogP contribution is 2.12. The van der Waals surface area contributed by atoms with Crippen molar-refractivity contribution < 1.29 is 9.59 Å². The van der Waals surface area contributed by atoms with E-state index in [-0.39, 0.29) is 11.8 Å². The zero-order chi connectivity index (χ0) is 16.1. The third kappa shape index (κ3) is 3.74. The molecule has 1 fully saturated rings. The monoisotopic (exact) mass is 309 g/mol. The summed E-state index contributed by atoms with van der Waals surface area (Å²) in [5.41, 5.74) is 1.82. The molecule has 2 amide bonds. The fourth-order valence-corrected chi connectivity index (χ4v) is 2.65. The van der Waals surface area contributed by atoms with Crippen LogP contribution in [0.25, 0.3) is 0 Å². The van der Waals surface area contributed by atoms with E-state index in [1.54, 1.807) is 17.0 Å². The summed E-state index contributed by atoms with van der Waals surface area (Å²) in [6.45, 7) is 1.99. The summed E-state index contributed by atoms with van der Waals surface area (Å²) in [6, 6.07) is 12.9. The predicted octanol–water partition coefficient (Wildman–Crippen LogP) is 2.25. The van der Waals surface area contributed by atoms with Gasteiger partial charge in [-0.3, -0.25) is 14.6 Å². The van der Waals surface area contributed by atoms with Crippen molar-refractivity contribution in [2.75, 3.05) is 13.1 Å². The first-order chi connectivity index (χ1) is 11.2. The van der Waals surface area contributed by atoms with Crippen molar-refractivity contribution >= 4 is 11.8 Å². The van der Waals surface area contributed by atoms with Gasteiger partial charge in [-0.15, -0.1) is 0 Å².